The molecule has 1 aromatic heterocycles. The Morgan fingerprint density at radius 1 is 1.03 bits per heavy atom. The third-order valence-electron chi connectivity index (χ3n) is 6.34. The molecule has 154 valence electrons. The third-order valence-corrected chi connectivity index (χ3v) is 7.24. The van der Waals surface area contributed by atoms with Crippen LogP contribution in [0.4, 0.5) is 10.1 Å². The van der Waals surface area contributed by atoms with Crippen LogP contribution < -0.4 is 10.2 Å². The summed E-state index contributed by atoms with van der Waals surface area (Å²) in [6.07, 6.45) is 1.56. The molecular formula is C24H24FN3OS. The molecule has 3 heterocycles. The first-order valence-corrected chi connectivity index (χ1v) is 11.2. The lowest BCUT2D eigenvalue weighted by Gasteiger charge is -2.43. The van der Waals surface area contributed by atoms with E-state index in [2.05, 4.69) is 27.2 Å². The van der Waals surface area contributed by atoms with E-state index in [1.165, 1.54) is 0 Å². The Morgan fingerprint density at radius 2 is 1.83 bits per heavy atom. The Morgan fingerprint density at radius 3 is 2.57 bits per heavy atom. The van der Waals surface area contributed by atoms with Crippen LogP contribution in [0.5, 0.6) is 0 Å². The molecular weight excluding hydrogens is 397 g/mol. The largest absolute Gasteiger partial charge is 0.339 e. The van der Waals surface area contributed by atoms with Crippen molar-refractivity contribution >= 4 is 22.9 Å². The van der Waals surface area contributed by atoms with E-state index in [0.717, 1.165) is 54.2 Å². The van der Waals surface area contributed by atoms with Gasteiger partial charge in [-0.15, -0.1) is 11.3 Å². The van der Waals surface area contributed by atoms with Crippen molar-refractivity contribution in [2.45, 2.75) is 24.9 Å². The van der Waals surface area contributed by atoms with E-state index in [9.17, 15) is 9.18 Å². The highest BCUT2D eigenvalue weighted by atomic mass is 32.1. The van der Waals surface area contributed by atoms with Gasteiger partial charge in [-0.05, 0) is 59.7 Å². The number of hydrogen-bond acceptors (Lipinski definition) is 4. The van der Waals surface area contributed by atoms with Crippen molar-refractivity contribution in [1.82, 2.24) is 10.2 Å². The van der Waals surface area contributed by atoms with Gasteiger partial charge in [0.25, 0.3) is 0 Å². The quantitative estimate of drug-likeness (QED) is 0.675. The van der Waals surface area contributed by atoms with Gasteiger partial charge in [0.1, 0.15) is 11.4 Å². The van der Waals surface area contributed by atoms with Crippen LogP contribution in [0.15, 0.2) is 66.0 Å². The smallest absolute Gasteiger partial charge is 0.247 e. The van der Waals surface area contributed by atoms with Gasteiger partial charge in [-0.3, -0.25) is 9.69 Å². The van der Waals surface area contributed by atoms with Gasteiger partial charge in [0, 0.05) is 30.2 Å². The molecule has 4 nitrogen and oxygen atoms in total. The van der Waals surface area contributed by atoms with E-state index in [4.69, 9.17) is 0 Å². The molecule has 0 saturated carbocycles. The number of piperidine rings is 1. The normalized spacial score (nSPS) is 18.7. The predicted molar refractivity (Wildman–Crippen MR) is 119 cm³/mol. The van der Waals surface area contributed by atoms with Crippen molar-refractivity contribution in [1.29, 1.82) is 0 Å². The van der Waals surface area contributed by atoms with Crippen LogP contribution in [-0.4, -0.2) is 36.1 Å². The minimum atomic E-state index is -0.475. The van der Waals surface area contributed by atoms with E-state index in [0.29, 0.717) is 6.67 Å². The summed E-state index contributed by atoms with van der Waals surface area (Å²) in [6.45, 7) is 2.98. The highest BCUT2D eigenvalue weighted by Gasteiger charge is 2.50. The Kier molecular flexibility index (Phi) is 5.05. The maximum Gasteiger partial charge on any atom is 0.247 e. The summed E-state index contributed by atoms with van der Waals surface area (Å²) in [7, 11) is 0. The molecule has 2 saturated heterocycles. The van der Waals surface area contributed by atoms with Crippen LogP contribution in [0.2, 0.25) is 0 Å². The number of benzene rings is 2. The second kappa shape index (κ2) is 7.85. The van der Waals surface area contributed by atoms with Crippen LogP contribution >= 0.6 is 11.3 Å². The number of amides is 1. The summed E-state index contributed by atoms with van der Waals surface area (Å²) >= 11 is 1.63. The first-order valence-electron chi connectivity index (χ1n) is 10.3. The molecule has 0 atom stereocenters. The fourth-order valence-electron chi connectivity index (χ4n) is 4.70. The number of thiophene rings is 1. The van der Waals surface area contributed by atoms with E-state index >= 15 is 0 Å². The summed E-state index contributed by atoms with van der Waals surface area (Å²) in [5.74, 6) is -0.0760. The second-order valence-electron chi connectivity index (χ2n) is 8.01. The van der Waals surface area contributed by atoms with Crippen molar-refractivity contribution < 1.29 is 9.18 Å². The highest BCUT2D eigenvalue weighted by Crippen LogP contribution is 2.37. The van der Waals surface area contributed by atoms with Crippen molar-refractivity contribution in [3.05, 3.63) is 77.4 Å². The maximum atomic E-state index is 13.9. The highest BCUT2D eigenvalue weighted by molar-refractivity contribution is 7.13. The third kappa shape index (κ3) is 3.40. The Labute approximate surface area is 179 Å². The SMILES string of the molecule is O=C1NCN(c2ccccc2)C12CCN(Cc1ccc(F)cc1-c1cccs1)CC2. The van der Waals surface area contributed by atoms with E-state index in [-0.39, 0.29) is 11.7 Å². The number of carbonyl (C=O) groups is 1. The summed E-state index contributed by atoms with van der Waals surface area (Å²) in [4.78, 5) is 18.5. The summed E-state index contributed by atoms with van der Waals surface area (Å²) in [6, 6.07) is 19.3. The Balaban J connectivity index is 1.34. The van der Waals surface area contributed by atoms with Gasteiger partial charge in [0.2, 0.25) is 5.91 Å². The monoisotopic (exact) mass is 421 g/mol. The molecule has 0 radical (unpaired) electrons. The van der Waals surface area contributed by atoms with Gasteiger partial charge in [-0.2, -0.15) is 0 Å². The predicted octanol–water partition coefficient (Wildman–Crippen LogP) is 4.48. The molecule has 1 spiro atoms. The van der Waals surface area contributed by atoms with E-state index in [1.807, 2.05) is 41.8 Å². The number of likely N-dealkylation sites (tertiary alicyclic amines) is 1. The van der Waals surface area contributed by atoms with Gasteiger partial charge in [-0.25, -0.2) is 4.39 Å². The number of carbonyl (C=O) groups excluding carboxylic acids is 1. The van der Waals surface area contributed by atoms with Crippen LogP contribution in [-0.2, 0) is 11.3 Å². The molecule has 2 fully saturated rings. The zero-order chi connectivity index (χ0) is 20.6. The van der Waals surface area contributed by atoms with Crippen LogP contribution in [0.3, 0.4) is 0 Å². The lowest BCUT2D eigenvalue weighted by Crippen LogP contribution is -2.56. The molecule has 1 amide bonds. The Hall–Kier alpha value is -2.70. The zero-order valence-electron chi connectivity index (χ0n) is 16.7. The van der Waals surface area contributed by atoms with Gasteiger partial charge >= 0.3 is 0 Å². The number of rotatable bonds is 4. The molecule has 0 aliphatic carbocycles. The van der Waals surface area contributed by atoms with Crippen LogP contribution in [0, 0.1) is 5.82 Å². The number of nitrogens with one attached hydrogen (secondary N) is 1. The van der Waals surface area contributed by atoms with Gasteiger partial charge in [-0.1, -0.05) is 30.3 Å². The molecule has 2 aromatic carbocycles. The molecule has 6 heteroatoms. The zero-order valence-corrected chi connectivity index (χ0v) is 17.5. The van der Waals surface area contributed by atoms with E-state index < -0.39 is 5.54 Å². The molecule has 0 bridgehead atoms. The summed E-state index contributed by atoms with van der Waals surface area (Å²) < 4.78 is 13.9. The standard InChI is InChI=1S/C24H24FN3OS/c25-19-9-8-18(21(15-19)22-7-4-14-30-22)16-27-12-10-24(11-13-27)23(29)26-17-28(24)20-5-2-1-3-6-20/h1-9,14-15H,10-13,16-17H2,(H,26,29). The van der Waals surface area contributed by atoms with Crippen molar-refractivity contribution in [2.24, 2.45) is 0 Å². The fourth-order valence-corrected chi connectivity index (χ4v) is 5.48. The Bertz CT molecular complexity index is 1030. The summed E-state index contributed by atoms with van der Waals surface area (Å²) in [5.41, 5.74) is 2.71. The van der Waals surface area contributed by atoms with Crippen LogP contribution in [0.1, 0.15) is 18.4 Å². The van der Waals surface area contributed by atoms with Crippen molar-refractivity contribution in [2.75, 3.05) is 24.7 Å². The first-order chi connectivity index (χ1) is 14.7. The van der Waals surface area contributed by atoms with Crippen molar-refractivity contribution in [3.63, 3.8) is 0 Å². The average molecular weight is 422 g/mol. The molecule has 2 aliphatic heterocycles. The van der Waals surface area contributed by atoms with E-state index in [1.54, 1.807) is 23.5 Å². The lowest BCUT2D eigenvalue weighted by atomic mass is 9.85. The number of para-hydroxylation sites is 1. The average Bonchev–Trinajstić information content (AvgIpc) is 3.41. The lowest BCUT2D eigenvalue weighted by molar-refractivity contribution is -0.125. The maximum absolute atomic E-state index is 13.9. The number of nitrogens with zero attached hydrogens (tertiary/aromatic N) is 2. The number of anilines is 1. The van der Waals surface area contributed by atoms with Gasteiger partial charge in [0.05, 0.1) is 6.67 Å². The molecule has 1 N–H and O–H groups in total. The minimum Gasteiger partial charge on any atom is -0.339 e. The summed E-state index contributed by atoms with van der Waals surface area (Å²) in [5, 5.41) is 5.07. The minimum absolute atomic E-state index is 0.132. The second-order valence-corrected chi connectivity index (χ2v) is 8.96. The van der Waals surface area contributed by atoms with Gasteiger partial charge < -0.3 is 10.2 Å². The molecule has 30 heavy (non-hydrogen) atoms. The van der Waals surface area contributed by atoms with Crippen molar-refractivity contribution in [3.8, 4) is 10.4 Å². The first kappa shape index (κ1) is 19.3. The van der Waals surface area contributed by atoms with Crippen LogP contribution in [0.25, 0.3) is 10.4 Å². The number of hydrogen-bond donors (Lipinski definition) is 1. The molecule has 2 aliphatic rings. The molecule has 5 rings (SSSR count). The fraction of sp³-hybridized carbons (Fsp3) is 0.292. The molecule has 0 unspecified atom stereocenters. The van der Waals surface area contributed by atoms with Gasteiger partial charge in [0.15, 0.2) is 0 Å². The molecule has 3 aromatic rings. The number of halogens is 1. The topological polar surface area (TPSA) is 35.6 Å².